The molecule has 0 aromatic carbocycles. The van der Waals surface area contributed by atoms with Gasteiger partial charge in [0.15, 0.2) is 0 Å². The molecule has 15 heavy (non-hydrogen) atoms. The van der Waals surface area contributed by atoms with Crippen LogP contribution in [0.5, 0.6) is 0 Å². The van der Waals surface area contributed by atoms with Gasteiger partial charge >= 0.3 is 0 Å². The molecular formula is C11H21N3S. The van der Waals surface area contributed by atoms with Gasteiger partial charge in [-0.3, -0.25) is 0 Å². The summed E-state index contributed by atoms with van der Waals surface area (Å²) in [6, 6.07) is 0. The lowest BCUT2D eigenvalue weighted by atomic mass is 10.1. The maximum Gasteiger partial charge on any atom is 0.107 e. The van der Waals surface area contributed by atoms with Crippen molar-refractivity contribution in [2.45, 2.75) is 39.8 Å². The van der Waals surface area contributed by atoms with E-state index < -0.39 is 0 Å². The van der Waals surface area contributed by atoms with Crippen molar-refractivity contribution in [3.63, 3.8) is 0 Å². The van der Waals surface area contributed by atoms with E-state index in [1.807, 2.05) is 6.92 Å². The molecule has 1 heterocycles. The third kappa shape index (κ3) is 5.87. The maximum absolute atomic E-state index is 4.39. The second-order valence-electron chi connectivity index (χ2n) is 4.74. The van der Waals surface area contributed by atoms with Crippen molar-refractivity contribution in [1.29, 1.82) is 0 Å². The average Bonchev–Trinajstić information content (AvgIpc) is 2.49. The first-order chi connectivity index (χ1) is 6.97. The van der Waals surface area contributed by atoms with Crippen LogP contribution in [0.2, 0.25) is 0 Å². The molecule has 86 valence electrons. The molecule has 0 radical (unpaired) electrons. The highest BCUT2D eigenvalue weighted by Gasteiger charge is 2.06. The highest BCUT2D eigenvalue weighted by atomic mass is 32.1. The summed E-state index contributed by atoms with van der Waals surface area (Å²) in [4.78, 5) is 4.39. The lowest BCUT2D eigenvalue weighted by Gasteiger charge is -2.20. The predicted octanol–water partition coefficient (Wildman–Crippen LogP) is 1.93. The van der Waals surface area contributed by atoms with Crippen molar-refractivity contribution >= 4 is 11.3 Å². The van der Waals surface area contributed by atoms with E-state index in [9.17, 15) is 0 Å². The van der Waals surface area contributed by atoms with E-state index in [1.165, 1.54) is 5.01 Å². The van der Waals surface area contributed by atoms with Crippen molar-refractivity contribution in [1.82, 2.24) is 15.6 Å². The van der Waals surface area contributed by atoms with Gasteiger partial charge in [-0.05, 0) is 27.7 Å². The maximum atomic E-state index is 4.39. The summed E-state index contributed by atoms with van der Waals surface area (Å²) < 4.78 is 0. The van der Waals surface area contributed by atoms with Crippen molar-refractivity contribution in [2.24, 2.45) is 0 Å². The number of nitrogens with zero attached hydrogens (tertiary/aromatic N) is 1. The van der Waals surface area contributed by atoms with E-state index in [-0.39, 0.29) is 5.54 Å². The molecule has 0 amide bonds. The van der Waals surface area contributed by atoms with Gasteiger partial charge in [-0.1, -0.05) is 0 Å². The van der Waals surface area contributed by atoms with Crippen LogP contribution in [0.4, 0.5) is 0 Å². The third-order valence-corrected chi connectivity index (χ3v) is 2.87. The zero-order chi connectivity index (χ0) is 11.3. The first-order valence-corrected chi connectivity index (χ1v) is 6.22. The Morgan fingerprint density at radius 1 is 1.33 bits per heavy atom. The van der Waals surface area contributed by atoms with E-state index in [0.717, 1.165) is 25.3 Å². The molecule has 0 saturated heterocycles. The van der Waals surface area contributed by atoms with Crippen LogP contribution in [0, 0.1) is 6.92 Å². The van der Waals surface area contributed by atoms with E-state index in [4.69, 9.17) is 0 Å². The summed E-state index contributed by atoms with van der Waals surface area (Å²) in [5, 5.41) is 10.1. The van der Waals surface area contributed by atoms with Crippen LogP contribution < -0.4 is 10.6 Å². The number of hydrogen-bond donors (Lipinski definition) is 2. The number of aromatic nitrogens is 1. The molecule has 4 heteroatoms. The quantitative estimate of drug-likeness (QED) is 0.755. The lowest BCUT2D eigenvalue weighted by molar-refractivity contribution is 0.421. The Morgan fingerprint density at radius 3 is 2.60 bits per heavy atom. The van der Waals surface area contributed by atoms with E-state index in [0.29, 0.717) is 0 Å². The number of aryl methyl sites for hydroxylation is 1. The molecule has 0 aliphatic heterocycles. The fraction of sp³-hybridized carbons (Fsp3) is 0.727. The second-order valence-corrected chi connectivity index (χ2v) is 5.68. The summed E-state index contributed by atoms with van der Waals surface area (Å²) >= 11 is 1.72. The standard InChI is InChI=1S/C11H21N3S/c1-9-8-15-10(14-9)7-12-5-6-13-11(2,3)4/h8,12-13H,5-7H2,1-4H3. The average molecular weight is 227 g/mol. The largest absolute Gasteiger partial charge is 0.311 e. The molecule has 2 N–H and O–H groups in total. The normalized spacial score (nSPS) is 12.0. The molecule has 0 atom stereocenters. The summed E-state index contributed by atoms with van der Waals surface area (Å²) in [6.45, 7) is 11.4. The third-order valence-electron chi connectivity index (χ3n) is 1.90. The molecule has 0 fully saturated rings. The van der Waals surface area contributed by atoms with Gasteiger partial charge in [0.1, 0.15) is 5.01 Å². The zero-order valence-corrected chi connectivity index (χ0v) is 10.9. The smallest absolute Gasteiger partial charge is 0.107 e. The summed E-state index contributed by atoms with van der Waals surface area (Å²) in [5.41, 5.74) is 1.32. The highest BCUT2D eigenvalue weighted by molar-refractivity contribution is 7.09. The Balaban J connectivity index is 2.07. The minimum absolute atomic E-state index is 0.208. The van der Waals surface area contributed by atoms with Gasteiger partial charge in [-0.15, -0.1) is 11.3 Å². The van der Waals surface area contributed by atoms with Gasteiger partial charge < -0.3 is 10.6 Å². The topological polar surface area (TPSA) is 37.0 Å². The molecule has 1 aromatic rings. The molecule has 0 bridgehead atoms. The number of hydrogen-bond acceptors (Lipinski definition) is 4. The second kappa shape index (κ2) is 5.58. The molecule has 0 unspecified atom stereocenters. The first kappa shape index (κ1) is 12.6. The predicted molar refractivity (Wildman–Crippen MR) is 66.3 cm³/mol. The fourth-order valence-corrected chi connectivity index (χ4v) is 1.95. The van der Waals surface area contributed by atoms with Crippen molar-refractivity contribution < 1.29 is 0 Å². The van der Waals surface area contributed by atoms with Crippen LogP contribution in [0.15, 0.2) is 5.38 Å². The van der Waals surface area contributed by atoms with Gasteiger partial charge in [-0.25, -0.2) is 4.98 Å². The molecular weight excluding hydrogens is 206 g/mol. The van der Waals surface area contributed by atoms with Crippen LogP contribution in [0.1, 0.15) is 31.5 Å². The highest BCUT2D eigenvalue weighted by Crippen LogP contribution is 2.07. The minimum atomic E-state index is 0.208. The SMILES string of the molecule is Cc1csc(CNCCNC(C)(C)C)n1. The Morgan fingerprint density at radius 2 is 2.07 bits per heavy atom. The van der Waals surface area contributed by atoms with Crippen molar-refractivity contribution in [3.05, 3.63) is 16.1 Å². The number of nitrogens with one attached hydrogen (secondary N) is 2. The number of thiazole rings is 1. The molecule has 1 aromatic heterocycles. The Hall–Kier alpha value is -0.450. The van der Waals surface area contributed by atoms with Gasteiger partial charge in [0.05, 0.1) is 0 Å². The van der Waals surface area contributed by atoms with E-state index >= 15 is 0 Å². The molecule has 0 saturated carbocycles. The summed E-state index contributed by atoms with van der Waals surface area (Å²) in [6.07, 6.45) is 0. The fourth-order valence-electron chi connectivity index (χ4n) is 1.21. The van der Waals surface area contributed by atoms with Gasteiger partial charge in [0, 0.05) is 36.2 Å². The van der Waals surface area contributed by atoms with Crippen LogP contribution in [-0.4, -0.2) is 23.6 Å². The Kier molecular flexibility index (Phi) is 4.70. The molecule has 1 rings (SSSR count). The van der Waals surface area contributed by atoms with Crippen LogP contribution in [-0.2, 0) is 6.54 Å². The molecule has 0 aliphatic carbocycles. The van der Waals surface area contributed by atoms with Crippen molar-refractivity contribution in [3.8, 4) is 0 Å². The zero-order valence-electron chi connectivity index (χ0n) is 10.1. The summed E-state index contributed by atoms with van der Waals surface area (Å²) in [5.74, 6) is 0. The Bertz CT molecular complexity index is 288. The number of rotatable bonds is 5. The van der Waals surface area contributed by atoms with Crippen LogP contribution in [0.3, 0.4) is 0 Å². The molecule has 0 aliphatic rings. The van der Waals surface area contributed by atoms with Crippen LogP contribution >= 0.6 is 11.3 Å². The molecule has 0 spiro atoms. The summed E-state index contributed by atoms with van der Waals surface area (Å²) in [7, 11) is 0. The van der Waals surface area contributed by atoms with Gasteiger partial charge in [-0.2, -0.15) is 0 Å². The van der Waals surface area contributed by atoms with Gasteiger partial charge in [0.2, 0.25) is 0 Å². The van der Waals surface area contributed by atoms with Crippen LogP contribution in [0.25, 0.3) is 0 Å². The van der Waals surface area contributed by atoms with Gasteiger partial charge in [0.25, 0.3) is 0 Å². The Labute approximate surface area is 96.3 Å². The van der Waals surface area contributed by atoms with Crippen molar-refractivity contribution in [2.75, 3.05) is 13.1 Å². The monoisotopic (exact) mass is 227 g/mol. The van der Waals surface area contributed by atoms with E-state index in [2.05, 4.69) is 41.8 Å². The molecule has 3 nitrogen and oxygen atoms in total. The minimum Gasteiger partial charge on any atom is -0.311 e. The first-order valence-electron chi connectivity index (χ1n) is 5.34. The van der Waals surface area contributed by atoms with E-state index in [1.54, 1.807) is 11.3 Å². The lowest BCUT2D eigenvalue weighted by Crippen LogP contribution is -2.40.